The van der Waals surface area contributed by atoms with Gasteiger partial charge in [0.1, 0.15) is 24.2 Å². The fourth-order valence-corrected chi connectivity index (χ4v) is 8.05. The van der Waals surface area contributed by atoms with Crippen LogP contribution in [0.15, 0.2) is 42.6 Å². The molecule has 2 N–H and O–H groups in total. The first kappa shape index (κ1) is 54.0. The molecule has 0 radical (unpaired) electrons. The Morgan fingerprint density at radius 2 is 0.905 bits per heavy atom. The molecule has 0 saturated carbocycles. The molecule has 358 valence electrons. The quantitative estimate of drug-likeness (QED) is 0.0541. The summed E-state index contributed by atoms with van der Waals surface area (Å²) in [6, 6.07) is 11.8. The number of nitrogens with zero attached hydrogens (tertiary/aromatic N) is 3. The van der Waals surface area contributed by atoms with E-state index in [0.29, 0.717) is 32.1 Å². The van der Waals surface area contributed by atoms with Crippen molar-refractivity contribution in [1.82, 2.24) is 15.0 Å². The predicted octanol–water partition coefficient (Wildman–Crippen LogP) is 14.6. The Balaban J connectivity index is 1.68. The Labute approximate surface area is 384 Å². The molecule has 0 spiro atoms. The highest BCUT2D eigenvalue weighted by Crippen LogP contribution is 2.40. The second-order valence-corrected chi connectivity index (χ2v) is 18.0. The molecular weight excluding hydrogens is 787 g/mol. The van der Waals surface area contributed by atoms with E-state index in [1.54, 1.807) is 0 Å². The highest BCUT2D eigenvalue weighted by Gasteiger charge is 2.17. The van der Waals surface area contributed by atoms with Crippen LogP contribution in [0.5, 0.6) is 23.0 Å². The van der Waals surface area contributed by atoms with Gasteiger partial charge in [-0.25, -0.2) is 4.68 Å². The minimum absolute atomic E-state index is 0.0328. The number of hydrogen-bond donors (Lipinski definition) is 2. The molecular formula is C54H91N3O6. The highest BCUT2D eigenvalue weighted by molar-refractivity contribution is 5.59. The lowest BCUT2D eigenvalue weighted by Crippen LogP contribution is -2.21. The zero-order valence-electron chi connectivity index (χ0n) is 40.4. The van der Waals surface area contributed by atoms with Crippen LogP contribution in [0, 0.1) is 0 Å². The summed E-state index contributed by atoms with van der Waals surface area (Å²) in [4.78, 5) is 0. The second kappa shape index (κ2) is 37.0. The number of benzene rings is 2. The third-order valence-corrected chi connectivity index (χ3v) is 12.0. The molecule has 3 aromatic rings. The van der Waals surface area contributed by atoms with Crippen LogP contribution in [-0.2, 0) is 6.54 Å². The van der Waals surface area contributed by atoms with E-state index in [9.17, 15) is 5.11 Å². The summed E-state index contributed by atoms with van der Waals surface area (Å²) in [7, 11) is 0. The number of aliphatic hydroxyl groups is 2. The van der Waals surface area contributed by atoms with Gasteiger partial charge in [-0.3, -0.25) is 0 Å². The van der Waals surface area contributed by atoms with E-state index in [4.69, 9.17) is 24.1 Å². The van der Waals surface area contributed by atoms with Gasteiger partial charge in [-0.15, -0.1) is 5.10 Å². The standard InChI is InChI=1S/C54H91N3O6/c1-4-7-10-13-16-19-22-25-28-31-38-60-52-41-47(43-57-44-51(55-56-57)48-34-36-50(37-35-48)63-46-49(59)45-58)42-53(61-39-32-29-26-23-20-17-14-11-8-5-2)54(52)62-40-33-30-27-24-21-18-15-12-9-6-3/h34-37,41-42,44,49,58-59H,4-33,38-40,43,45-46H2,1-3H3. The molecule has 1 atom stereocenters. The molecule has 63 heavy (non-hydrogen) atoms. The van der Waals surface area contributed by atoms with Crippen LogP contribution < -0.4 is 18.9 Å². The van der Waals surface area contributed by atoms with Crippen molar-refractivity contribution in [2.45, 2.75) is 226 Å². The maximum Gasteiger partial charge on any atom is 0.203 e. The number of ether oxygens (including phenoxy) is 4. The Morgan fingerprint density at radius 1 is 0.508 bits per heavy atom. The number of unbranched alkanes of at least 4 members (excludes halogenated alkanes) is 27. The van der Waals surface area contributed by atoms with E-state index in [1.807, 2.05) is 35.1 Å². The molecule has 3 rings (SSSR count). The van der Waals surface area contributed by atoms with Gasteiger partial charge in [-0.2, -0.15) is 0 Å². The molecule has 0 bridgehead atoms. The van der Waals surface area contributed by atoms with E-state index in [1.165, 1.54) is 173 Å². The maximum atomic E-state index is 9.64. The van der Waals surface area contributed by atoms with E-state index in [0.717, 1.165) is 53.3 Å². The molecule has 1 heterocycles. The molecule has 1 unspecified atom stereocenters. The molecule has 0 aliphatic rings. The van der Waals surface area contributed by atoms with Gasteiger partial charge in [0, 0.05) is 5.56 Å². The first-order valence-corrected chi connectivity index (χ1v) is 26.0. The summed E-state index contributed by atoms with van der Waals surface area (Å²) in [5.74, 6) is 2.87. The summed E-state index contributed by atoms with van der Waals surface area (Å²) in [5.41, 5.74) is 2.69. The number of aromatic nitrogens is 3. The van der Waals surface area contributed by atoms with E-state index in [-0.39, 0.29) is 13.2 Å². The maximum absolute atomic E-state index is 9.64. The second-order valence-electron chi connectivity index (χ2n) is 18.0. The SMILES string of the molecule is CCCCCCCCCCCCOc1cc(Cn2cc(-c3ccc(OCC(O)CO)cc3)nn2)cc(OCCCCCCCCCCCC)c1OCCCCCCCCCCCC. The summed E-state index contributed by atoms with van der Waals surface area (Å²) in [6.07, 6.45) is 39.6. The Kier molecular flexibility index (Phi) is 31.7. The van der Waals surface area contributed by atoms with Crippen molar-refractivity contribution in [2.24, 2.45) is 0 Å². The van der Waals surface area contributed by atoms with Crippen molar-refractivity contribution in [1.29, 1.82) is 0 Å². The molecule has 2 aromatic carbocycles. The zero-order chi connectivity index (χ0) is 44.8. The van der Waals surface area contributed by atoms with E-state index >= 15 is 0 Å². The Bertz CT molecular complexity index is 1450. The number of rotatable bonds is 43. The van der Waals surface area contributed by atoms with Gasteiger partial charge in [0.2, 0.25) is 5.75 Å². The smallest absolute Gasteiger partial charge is 0.203 e. The highest BCUT2D eigenvalue weighted by atomic mass is 16.5. The van der Waals surface area contributed by atoms with Gasteiger partial charge >= 0.3 is 0 Å². The van der Waals surface area contributed by atoms with Crippen molar-refractivity contribution in [3.63, 3.8) is 0 Å². The predicted molar refractivity (Wildman–Crippen MR) is 262 cm³/mol. The molecule has 0 amide bonds. The summed E-state index contributed by atoms with van der Waals surface area (Å²) >= 11 is 0. The van der Waals surface area contributed by atoms with Crippen molar-refractivity contribution >= 4 is 0 Å². The van der Waals surface area contributed by atoms with Gasteiger partial charge in [-0.05, 0) is 61.2 Å². The van der Waals surface area contributed by atoms with Crippen LogP contribution in [0.25, 0.3) is 11.3 Å². The Hall–Kier alpha value is -3.30. The molecule has 0 fully saturated rings. The average Bonchev–Trinajstić information content (AvgIpc) is 3.77. The number of aliphatic hydroxyl groups excluding tert-OH is 2. The van der Waals surface area contributed by atoms with Gasteiger partial charge in [0.05, 0.1) is 39.2 Å². The van der Waals surface area contributed by atoms with Crippen molar-refractivity contribution in [3.8, 4) is 34.3 Å². The summed E-state index contributed by atoms with van der Waals surface area (Å²) in [5, 5.41) is 27.7. The molecule has 0 aliphatic carbocycles. The molecule has 0 saturated heterocycles. The third-order valence-electron chi connectivity index (χ3n) is 12.0. The van der Waals surface area contributed by atoms with Crippen molar-refractivity contribution in [3.05, 3.63) is 48.2 Å². The molecule has 9 heteroatoms. The minimum Gasteiger partial charge on any atom is -0.491 e. The van der Waals surface area contributed by atoms with Crippen molar-refractivity contribution < 1.29 is 29.2 Å². The van der Waals surface area contributed by atoms with Crippen molar-refractivity contribution in [2.75, 3.05) is 33.0 Å². The normalized spacial score (nSPS) is 11.9. The zero-order valence-corrected chi connectivity index (χ0v) is 40.4. The van der Waals surface area contributed by atoms with Gasteiger partial charge in [-0.1, -0.05) is 199 Å². The summed E-state index contributed by atoms with van der Waals surface area (Å²) in [6.45, 7) is 9.00. The van der Waals surface area contributed by atoms with Crippen LogP contribution in [0.1, 0.15) is 219 Å². The number of hydrogen-bond acceptors (Lipinski definition) is 8. The fraction of sp³-hybridized carbons (Fsp3) is 0.741. The summed E-state index contributed by atoms with van der Waals surface area (Å²) < 4.78 is 27.3. The minimum atomic E-state index is -0.911. The lowest BCUT2D eigenvalue weighted by molar-refractivity contribution is 0.0536. The molecule has 1 aromatic heterocycles. The van der Waals surface area contributed by atoms with Crippen LogP contribution in [0.2, 0.25) is 0 Å². The Morgan fingerprint density at radius 3 is 1.32 bits per heavy atom. The lowest BCUT2D eigenvalue weighted by Gasteiger charge is -2.19. The average molecular weight is 878 g/mol. The van der Waals surface area contributed by atoms with Crippen LogP contribution in [0.3, 0.4) is 0 Å². The van der Waals surface area contributed by atoms with Crippen LogP contribution in [-0.4, -0.2) is 64.3 Å². The first-order valence-electron chi connectivity index (χ1n) is 26.0. The largest absolute Gasteiger partial charge is 0.491 e. The van der Waals surface area contributed by atoms with Crippen LogP contribution >= 0.6 is 0 Å². The first-order chi connectivity index (χ1) is 31.1. The fourth-order valence-electron chi connectivity index (χ4n) is 8.05. The monoisotopic (exact) mass is 878 g/mol. The molecule has 9 nitrogen and oxygen atoms in total. The lowest BCUT2D eigenvalue weighted by atomic mass is 10.1. The van der Waals surface area contributed by atoms with Gasteiger partial charge in [0.25, 0.3) is 0 Å². The van der Waals surface area contributed by atoms with Gasteiger partial charge < -0.3 is 29.2 Å². The van der Waals surface area contributed by atoms with Gasteiger partial charge in [0.15, 0.2) is 11.5 Å². The molecule has 0 aliphatic heterocycles. The van der Waals surface area contributed by atoms with E-state index in [2.05, 4.69) is 43.2 Å². The third kappa shape index (κ3) is 25.7. The van der Waals surface area contributed by atoms with Crippen LogP contribution in [0.4, 0.5) is 0 Å². The van der Waals surface area contributed by atoms with E-state index < -0.39 is 6.10 Å². The topological polar surface area (TPSA) is 108 Å².